The van der Waals surface area contributed by atoms with Crippen LogP contribution in [0.1, 0.15) is 44.3 Å². The maximum Gasteiger partial charge on any atom is 0.230 e. The van der Waals surface area contributed by atoms with Crippen LogP contribution in [-0.4, -0.2) is 32.0 Å². The van der Waals surface area contributed by atoms with Crippen LogP contribution in [0, 0.1) is 24.7 Å². The Balaban J connectivity index is 1.23. The smallest absolute Gasteiger partial charge is 0.230 e. The molecule has 4 saturated carbocycles. The highest BCUT2D eigenvalue weighted by Crippen LogP contribution is 2.55. The monoisotopic (exact) mass is 386 g/mol. The Hall–Kier alpha value is -1.76. The Bertz CT molecular complexity index is 836. The summed E-state index contributed by atoms with van der Waals surface area (Å²) < 4.78 is 7.29. The summed E-state index contributed by atoms with van der Waals surface area (Å²) in [7, 11) is 1.93. The molecule has 144 valence electrons. The number of furan rings is 1. The van der Waals surface area contributed by atoms with Gasteiger partial charge in [0.15, 0.2) is 11.0 Å². The second-order valence-corrected chi connectivity index (χ2v) is 9.73. The molecule has 4 aliphatic rings. The number of hydrogen-bond acceptors (Lipinski definition) is 5. The molecule has 1 amide bonds. The first kappa shape index (κ1) is 17.3. The van der Waals surface area contributed by atoms with Gasteiger partial charge in [-0.15, -0.1) is 10.2 Å². The van der Waals surface area contributed by atoms with Gasteiger partial charge in [0.25, 0.3) is 0 Å². The van der Waals surface area contributed by atoms with Crippen LogP contribution in [0.25, 0.3) is 11.4 Å². The Kier molecular flexibility index (Phi) is 4.11. The minimum absolute atomic E-state index is 0.0747. The molecular formula is C20H26N4O2S. The van der Waals surface area contributed by atoms with E-state index in [1.807, 2.05) is 24.6 Å². The average molecular weight is 387 g/mol. The van der Waals surface area contributed by atoms with Crippen molar-refractivity contribution < 1.29 is 9.21 Å². The number of thioether (sulfide) groups is 1. The zero-order valence-electron chi connectivity index (χ0n) is 15.9. The summed E-state index contributed by atoms with van der Waals surface area (Å²) in [6.07, 6.45) is 9.37. The van der Waals surface area contributed by atoms with Crippen molar-refractivity contribution in [3.8, 4) is 11.4 Å². The molecule has 4 aliphatic carbocycles. The first-order chi connectivity index (χ1) is 13.0. The number of hydrogen-bond donors (Lipinski definition) is 1. The molecule has 0 aliphatic heterocycles. The molecular weight excluding hydrogens is 360 g/mol. The van der Waals surface area contributed by atoms with Gasteiger partial charge in [-0.2, -0.15) is 0 Å². The van der Waals surface area contributed by atoms with Gasteiger partial charge < -0.3 is 14.3 Å². The predicted octanol–water partition coefficient (Wildman–Crippen LogP) is 3.56. The Morgan fingerprint density at radius 3 is 2.52 bits per heavy atom. The van der Waals surface area contributed by atoms with Crippen molar-refractivity contribution in [1.82, 2.24) is 20.1 Å². The van der Waals surface area contributed by atoms with Gasteiger partial charge >= 0.3 is 0 Å². The topological polar surface area (TPSA) is 72.9 Å². The summed E-state index contributed by atoms with van der Waals surface area (Å²) in [6, 6.07) is 1.90. The molecule has 7 heteroatoms. The third kappa shape index (κ3) is 3.10. The molecule has 0 radical (unpaired) electrons. The third-order valence-corrected chi connectivity index (χ3v) is 7.73. The van der Waals surface area contributed by atoms with Crippen LogP contribution in [0.4, 0.5) is 0 Å². The SMILES string of the molecule is Cc1occc1-c1nnc(SCC(=O)NC23CC4CC(CC(C4)C2)C3)n1C. The molecule has 0 atom stereocenters. The quantitative estimate of drug-likeness (QED) is 0.796. The normalized spacial score (nSPS) is 31.4. The van der Waals surface area contributed by atoms with Gasteiger partial charge in [0.2, 0.25) is 5.91 Å². The van der Waals surface area contributed by atoms with Gasteiger partial charge in [-0.3, -0.25) is 4.79 Å². The zero-order valence-corrected chi connectivity index (χ0v) is 16.7. The highest BCUT2D eigenvalue weighted by molar-refractivity contribution is 7.99. The number of aromatic nitrogens is 3. The predicted molar refractivity (Wildman–Crippen MR) is 103 cm³/mol. The lowest BCUT2D eigenvalue weighted by molar-refractivity contribution is -0.124. The average Bonchev–Trinajstić information content (AvgIpc) is 3.16. The van der Waals surface area contributed by atoms with E-state index in [0.29, 0.717) is 5.75 Å². The lowest BCUT2D eigenvalue weighted by atomic mass is 9.53. The summed E-state index contributed by atoms with van der Waals surface area (Å²) in [5.41, 5.74) is 1.01. The van der Waals surface area contributed by atoms with Gasteiger partial charge in [0, 0.05) is 12.6 Å². The van der Waals surface area contributed by atoms with E-state index in [1.54, 1.807) is 6.26 Å². The third-order valence-electron chi connectivity index (χ3n) is 6.71. The van der Waals surface area contributed by atoms with E-state index in [0.717, 1.165) is 40.1 Å². The fourth-order valence-corrected chi connectivity index (χ4v) is 6.73. The van der Waals surface area contributed by atoms with Crippen molar-refractivity contribution in [1.29, 1.82) is 0 Å². The van der Waals surface area contributed by atoms with Crippen molar-refractivity contribution in [2.24, 2.45) is 24.8 Å². The van der Waals surface area contributed by atoms with Crippen LogP contribution in [0.3, 0.4) is 0 Å². The van der Waals surface area contributed by atoms with Crippen molar-refractivity contribution in [3.05, 3.63) is 18.1 Å². The molecule has 2 aromatic heterocycles. The molecule has 0 saturated heterocycles. The van der Waals surface area contributed by atoms with E-state index in [2.05, 4.69) is 15.5 Å². The lowest BCUT2D eigenvalue weighted by Gasteiger charge is -2.56. The standard InChI is InChI=1S/C20H26N4O2S/c1-12-16(3-4-26-12)18-22-23-19(24(18)2)27-11-17(25)21-20-8-13-5-14(9-20)7-15(6-13)10-20/h3-4,13-15H,5-11H2,1-2H3,(H,21,25). The van der Waals surface area contributed by atoms with E-state index < -0.39 is 0 Å². The second-order valence-electron chi connectivity index (χ2n) is 8.79. The van der Waals surface area contributed by atoms with Gasteiger partial charge in [-0.25, -0.2) is 0 Å². The number of nitrogens with zero attached hydrogens (tertiary/aromatic N) is 3. The maximum atomic E-state index is 12.7. The van der Waals surface area contributed by atoms with Crippen LogP contribution in [0.15, 0.2) is 21.9 Å². The van der Waals surface area contributed by atoms with E-state index in [9.17, 15) is 4.79 Å². The van der Waals surface area contributed by atoms with Gasteiger partial charge in [0.1, 0.15) is 5.76 Å². The molecule has 27 heavy (non-hydrogen) atoms. The van der Waals surface area contributed by atoms with Crippen molar-refractivity contribution in [2.45, 2.75) is 56.1 Å². The van der Waals surface area contributed by atoms with Crippen LogP contribution < -0.4 is 5.32 Å². The first-order valence-corrected chi connectivity index (χ1v) is 10.9. The number of amides is 1. The Labute approximate surface area is 163 Å². The van der Waals surface area contributed by atoms with Gasteiger partial charge in [0.05, 0.1) is 17.6 Å². The van der Waals surface area contributed by atoms with Crippen LogP contribution in [0.2, 0.25) is 0 Å². The molecule has 6 rings (SSSR count). The Morgan fingerprint density at radius 1 is 1.26 bits per heavy atom. The lowest BCUT2D eigenvalue weighted by Crippen LogP contribution is -2.60. The van der Waals surface area contributed by atoms with Crippen LogP contribution >= 0.6 is 11.8 Å². The van der Waals surface area contributed by atoms with E-state index >= 15 is 0 Å². The summed E-state index contributed by atoms with van der Waals surface area (Å²) in [5, 5.41) is 12.7. The largest absolute Gasteiger partial charge is 0.469 e. The number of nitrogens with one attached hydrogen (secondary N) is 1. The number of carbonyl (C=O) groups excluding carboxylic acids is 1. The fraction of sp³-hybridized carbons (Fsp3) is 0.650. The molecule has 0 aromatic carbocycles. The van der Waals surface area contributed by atoms with E-state index in [1.165, 1.54) is 50.3 Å². The molecule has 6 nitrogen and oxygen atoms in total. The van der Waals surface area contributed by atoms with Crippen molar-refractivity contribution >= 4 is 17.7 Å². The van der Waals surface area contributed by atoms with Crippen molar-refractivity contribution in [2.75, 3.05) is 5.75 Å². The number of aryl methyl sites for hydroxylation is 1. The summed E-state index contributed by atoms with van der Waals surface area (Å²) >= 11 is 1.45. The maximum absolute atomic E-state index is 12.7. The highest BCUT2D eigenvalue weighted by atomic mass is 32.2. The van der Waals surface area contributed by atoms with Crippen LogP contribution in [0.5, 0.6) is 0 Å². The second kappa shape index (κ2) is 6.40. The zero-order chi connectivity index (χ0) is 18.6. The summed E-state index contributed by atoms with van der Waals surface area (Å²) in [4.78, 5) is 12.7. The minimum atomic E-state index is 0.0747. The molecule has 2 heterocycles. The number of carbonyl (C=O) groups is 1. The summed E-state index contributed by atoms with van der Waals surface area (Å²) in [5.74, 6) is 4.62. The molecule has 0 spiro atoms. The molecule has 4 fully saturated rings. The van der Waals surface area contributed by atoms with Gasteiger partial charge in [-0.1, -0.05) is 11.8 Å². The van der Waals surface area contributed by atoms with E-state index in [-0.39, 0.29) is 11.4 Å². The van der Waals surface area contributed by atoms with E-state index in [4.69, 9.17) is 4.42 Å². The van der Waals surface area contributed by atoms with Gasteiger partial charge in [-0.05, 0) is 69.3 Å². The highest BCUT2D eigenvalue weighted by Gasteiger charge is 2.51. The first-order valence-electron chi connectivity index (χ1n) is 9.89. The molecule has 0 unspecified atom stereocenters. The molecule has 4 bridgehead atoms. The van der Waals surface area contributed by atoms with Crippen LogP contribution in [-0.2, 0) is 11.8 Å². The fourth-order valence-electron chi connectivity index (χ4n) is 6.02. The Morgan fingerprint density at radius 2 is 1.93 bits per heavy atom. The van der Waals surface area contributed by atoms with Crippen molar-refractivity contribution in [3.63, 3.8) is 0 Å². The minimum Gasteiger partial charge on any atom is -0.469 e. The summed E-state index contributed by atoms with van der Waals surface area (Å²) in [6.45, 7) is 1.91. The molecule has 2 aromatic rings. The number of rotatable bonds is 5. The molecule has 1 N–H and O–H groups in total.